The summed E-state index contributed by atoms with van der Waals surface area (Å²) in [5.74, 6) is -0.594. The van der Waals surface area contributed by atoms with Crippen molar-refractivity contribution < 1.29 is 9.18 Å². The third-order valence-corrected chi connectivity index (χ3v) is 4.28. The molecule has 0 aliphatic carbocycles. The predicted molar refractivity (Wildman–Crippen MR) is 115 cm³/mol. The van der Waals surface area contributed by atoms with Gasteiger partial charge in [-0.1, -0.05) is 6.58 Å². The number of rotatable bonds is 10. The van der Waals surface area contributed by atoms with Crippen LogP contribution >= 0.6 is 0 Å². The Kier molecular flexibility index (Phi) is 8.26. The standard InChI is InChI=1S/C21H26FN7O/c1-5-19-17(12-15(2)22)20(27-29(19)11-7-6-10-28(3)4)26-18-13-24-9-8-16(18)21(30)25-14-23/h5,8-9,12-13H,1,6-7,10-11H2,2-4H3,(H,25,30)(H,26,27)/b15-12+. The van der Waals surface area contributed by atoms with Gasteiger partial charge in [-0.2, -0.15) is 10.4 Å². The zero-order valence-electron chi connectivity index (χ0n) is 17.4. The minimum atomic E-state index is -0.576. The zero-order valence-corrected chi connectivity index (χ0v) is 17.4. The number of unbranched alkanes of at least 4 members (excludes halogenated alkanes) is 1. The smallest absolute Gasteiger partial charge is 0.266 e. The molecule has 2 N–H and O–H groups in total. The van der Waals surface area contributed by atoms with Crippen molar-refractivity contribution in [1.29, 1.82) is 5.26 Å². The molecule has 8 nitrogen and oxygen atoms in total. The Morgan fingerprint density at radius 3 is 2.83 bits per heavy atom. The molecule has 0 aliphatic rings. The van der Waals surface area contributed by atoms with Crippen molar-refractivity contribution in [3.63, 3.8) is 0 Å². The molecular weight excluding hydrogens is 385 g/mol. The minimum Gasteiger partial charge on any atom is -0.336 e. The molecule has 2 aromatic rings. The van der Waals surface area contributed by atoms with Gasteiger partial charge in [-0.25, -0.2) is 4.39 Å². The normalized spacial score (nSPS) is 11.3. The predicted octanol–water partition coefficient (Wildman–Crippen LogP) is 3.55. The first-order chi connectivity index (χ1) is 14.4. The van der Waals surface area contributed by atoms with Gasteiger partial charge in [0.1, 0.15) is 0 Å². The first-order valence-corrected chi connectivity index (χ1v) is 9.49. The Morgan fingerprint density at radius 2 is 2.20 bits per heavy atom. The lowest BCUT2D eigenvalue weighted by Crippen LogP contribution is -2.19. The summed E-state index contributed by atoms with van der Waals surface area (Å²) in [6.07, 6.45) is 9.38. The van der Waals surface area contributed by atoms with Gasteiger partial charge < -0.3 is 10.2 Å². The zero-order chi connectivity index (χ0) is 22.1. The summed E-state index contributed by atoms with van der Waals surface area (Å²) < 4.78 is 15.5. The van der Waals surface area contributed by atoms with Gasteiger partial charge in [0, 0.05) is 18.3 Å². The van der Waals surface area contributed by atoms with Crippen LogP contribution in [-0.2, 0) is 6.54 Å². The summed E-state index contributed by atoms with van der Waals surface area (Å²) >= 11 is 0. The highest BCUT2D eigenvalue weighted by atomic mass is 19.1. The number of carbonyl (C=O) groups is 1. The number of allylic oxidation sites excluding steroid dienone is 1. The molecule has 0 bridgehead atoms. The average molecular weight is 411 g/mol. The van der Waals surface area contributed by atoms with Crippen LogP contribution in [0.4, 0.5) is 15.9 Å². The van der Waals surface area contributed by atoms with Crippen LogP contribution in [0.25, 0.3) is 12.2 Å². The summed E-state index contributed by atoms with van der Waals surface area (Å²) in [5.41, 5.74) is 1.77. The highest BCUT2D eigenvalue weighted by Crippen LogP contribution is 2.28. The van der Waals surface area contributed by atoms with E-state index < -0.39 is 5.91 Å². The fraction of sp³-hybridized carbons (Fsp3) is 0.333. The van der Waals surface area contributed by atoms with E-state index in [0.29, 0.717) is 29.3 Å². The van der Waals surface area contributed by atoms with E-state index in [2.05, 4.69) is 32.2 Å². The fourth-order valence-corrected chi connectivity index (χ4v) is 2.94. The summed E-state index contributed by atoms with van der Waals surface area (Å²) in [4.78, 5) is 18.3. The molecule has 2 rings (SSSR count). The summed E-state index contributed by atoms with van der Waals surface area (Å²) in [7, 11) is 4.04. The largest absolute Gasteiger partial charge is 0.336 e. The van der Waals surface area contributed by atoms with Gasteiger partial charge in [0.15, 0.2) is 12.0 Å². The Balaban J connectivity index is 2.40. The highest BCUT2D eigenvalue weighted by Gasteiger charge is 2.18. The van der Waals surface area contributed by atoms with Crippen LogP contribution < -0.4 is 10.6 Å². The van der Waals surface area contributed by atoms with Gasteiger partial charge in [-0.3, -0.25) is 19.8 Å². The van der Waals surface area contributed by atoms with E-state index in [-0.39, 0.29) is 11.4 Å². The number of anilines is 2. The summed E-state index contributed by atoms with van der Waals surface area (Å²) in [5, 5.41) is 18.5. The van der Waals surface area contributed by atoms with Crippen molar-refractivity contribution >= 4 is 29.6 Å². The lowest BCUT2D eigenvalue weighted by atomic mass is 10.1. The Morgan fingerprint density at radius 1 is 1.43 bits per heavy atom. The number of aromatic nitrogens is 3. The molecule has 0 spiro atoms. The van der Waals surface area contributed by atoms with Gasteiger partial charge in [-0.05, 0) is 58.6 Å². The molecule has 0 radical (unpaired) electrons. The highest BCUT2D eigenvalue weighted by molar-refractivity contribution is 6.01. The average Bonchev–Trinajstić information content (AvgIpc) is 3.01. The second-order valence-electron chi connectivity index (χ2n) is 6.93. The second-order valence-corrected chi connectivity index (χ2v) is 6.93. The molecule has 0 saturated carbocycles. The third kappa shape index (κ3) is 5.99. The SMILES string of the molecule is C=Cc1c(/C=C(\C)F)c(Nc2cnccc2C(=O)NC#N)nn1CCCCN(C)C. The molecule has 9 heteroatoms. The van der Waals surface area contributed by atoms with E-state index in [1.54, 1.807) is 17.0 Å². The van der Waals surface area contributed by atoms with Crippen LogP contribution in [0, 0.1) is 11.5 Å². The molecule has 30 heavy (non-hydrogen) atoms. The maximum atomic E-state index is 13.8. The number of nitrogens with one attached hydrogen (secondary N) is 2. The van der Waals surface area contributed by atoms with Crippen LogP contribution in [0.3, 0.4) is 0 Å². The van der Waals surface area contributed by atoms with E-state index in [1.165, 1.54) is 31.5 Å². The fourth-order valence-electron chi connectivity index (χ4n) is 2.94. The number of halogens is 1. The number of hydrogen-bond acceptors (Lipinski definition) is 6. The molecule has 0 atom stereocenters. The van der Waals surface area contributed by atoms with Crippen LogP contribution in [0.2, 0.25) is 0 Å². The molecule has 0 aliphatic heterocycles. The van der Waals surface area contributed by atoms with Gasteiger partial charge in [0.05, 0.1) is 29.0 Å². The van der Waals surface area contributed by atoms with Crippen molar-refractivity contribution in [1.82, 2.24) is 25.0 Å². The molecule has 158 valence electrons. The third-order valence-electron chi connectivity index (χ3n) is 4.28. The van der Waals surface area contributed by atoms with Crippen molar-refractivity contribution in [3.8, 4) is 6.19 Å². The van der Waals surface area contributed by atoms with E-state index in [9.17, 15) is 9.18 Å². The quantitative estimate of drug-likeness (QED) is 0.352. The van der Waals surface area contributed by atoms with Crippen molar-refractivity contribution in [2.45, 2.75) is 26.3 Å². The molecule has 0 aromatic carbocycles. The van der Waals surface area contributed by atoms with E-state index in [4.69, 9.17) is 5.26 Å². The summed E-state index contributed by atoms with van der Waals surface area (Å²) in [6, 6.07) is 1.48. The van der Waals surface area contributed by atoms with Gasteiger partial charge in [0.2, 0.25) is 0 Å². The first-order valence-electron chi connectivity index (χ1n) is 9.49. The topological polar surface area (TPSA) is 98.9 Å². The summed E-state index contributed by atoms with van der Waals surface area (Å²) in [6.45, 7) is 6.79. The maximum Gasteiger partial charge on any atom is 0.266 e. The Bertz CT molecular complexity index is 968. The number of amides is 1. The van der Waals surface area contributed by atoms with Crippen LogP contribution in [0.1, 0.15) is 41.4 Å². The monoisotopic (exact) mass is 411 g/mol. The van der Waals surface area contributed by atoms with Crippen LogP contribution in [0.5, 0.6) is 0 Å². The lowest BCUT2D eigenvalue weighted by Gasteiger charge is -2.09. The molecule has 0 fully saturated rings. The molecule has 0 saturated heterocycles. The lowest BCUT2D eigenvalue weighted by molar-refractivity contribution is 0.0973. The van der Waals surface area contributed by atoms with Crippen molar-refractivity contribution in [2.24, 2.45) is 0 Å². The number of pyridine rings is 1. The Hall–Kier alpha value is -3.51. The number of nitriles is 1. The minimum absolute atomic E-state index is 0.221. The number of carbonyl (C=O) groups excluding carboxylic acids is 1. The van der Waals surface area contributed by atoms with Gasteiger partial charge in [0.25, 0.3) is 5.91 Å². The number of nitrogens with zero attached hydrogens (tertiary/aromatic N) is 5. The second kappa shape index (κ2) is 10.9. The first kappa shape index (κ1) is 22.8. The van der Waals surface area contributed by atoms with Gasteiger partial charge >= 0.3 is 0 Å². The van der Waals surface area contributed by atoms with E-state index in [1.807, 2.05) is 14.1 Å². The van der Waals surface area contributed by atoms with Crippen LogP contribution in [0.15, 0.2) is 30.9 Å². The molecule has 1 amide bonds. The van der Waals surface area contributed by atoms with Crippen molar-refractivity contribution in [2.75, 3.05) is 26.0 Å². The molecule has 2 heterocycles. The van der Waals surface area contributed by atoms with E-state index in [0.717, 1.165) is 19.4 Å². The Labute approximate surface area is 175 Å². The molecule has 0 unspecified atom stereocenters. The van der Waals surface area contributed by atoms with Crippen LogP contribution in [-0.4, -0.2) is 46.2 Å². The number of aryl methyl sites for hydroxylation is 1. The van der Waals surface area contributed by atoms with Gasteiger partial charge in [-0.15, -0.1) is 0 Å². The molecular formula is C21H26FN7O. The molecule has 2 aromatic heterocycles. The number of hydrogen-bond donors (Lipinski definition) is 2. The van der Waals surface area contributed by atoms with E-state index >= 15 is 0 Å². The van der Waals surface area contributed by atoms with Crippen molar-refractivity contribution in [3.05, 3.63) is 47.7 Å². The maximum absolute atomic E-state index is 13.8.